The number of ether oxygens (including phenoxy) is 1. The van der Waals surface area contributed by atoms with Crippen LogP contribution in [0.3, 0.4) is 0 Å². The normalized spacial score (nSPS) is 10.1. The van der Waals surface area contributed by atoms with E-state index in [2.05, 4.69) is 4.98 Å². The molecule has 0 radical (unpaired) electrons. The summed E-state index contributed by atoms with van der Waals surface area (Å²) < 4.78 is 5.21. The maximum atomic E-state index is 10.7. The van der Waals surface area contributed by atoms with E-state index in [1.54, 1.807) is 6.07 Å². The van der Waals surface area contributed by atoms with Crippen molar-refractivity contribution in [3.05, 3.63) is 23.9 Å². The van der Waals surface area contributed by atoms with Crippen molar-refractivity contribution < 1.29 is 14.6 Å². The molecule has 0 unspecified atom stereocenters. The van der Waals surface area contributed by atoms with Gasteiger partial charge in [-0.3, -0.25) is 0 Å². The number of carboxylic acids is 1. The molecule has 0 saturated heterocycles. The van der Waals surface area contributed by atoms with Crippen LogP contribution in [0.15, 0.2) is 18.3 Å². The van der Waals surface area contributed by atoms with Crippen molar-refractivity contribution in [2.45, 2.75) is 20.0 Å². The largest absolute Gasteiger partial charge is 0.477 e. The number of aromatic carboxylic acids is 1. The second kappa shape index (κ2) is 3.89. The van der Waals surface area contributed by atoms with E-state index in [-0.39, 0.29) is 17.5 Å². The van der Waals surface area contributed by atoms with E-state index in [9.17, 15) is 4.79 Å². The predicted molar refractivity (Wildman–Crippen MR) is 47.0 cm³/mol. The fraction of sp³-hybridized carbons (Fsp3) is 0.333. The standard InChI is InChI=1S/C9H11NO3/c1-6(2)13-8-7(9(11)12)4-3-5-10-8/h3-6H,1-2H3,(H,11,12). The third kappa shape index (κ3) is 2.43. The predicted octanol–water partition coefficient (Wildman–Crippen LogP) is 1.57. The molecule has 1 rings (SSSR count). The lowest BCUT2D eigenvalue weighted by Gasteiger charge is -2.09. The molecular formula is C9H11NO3. The van der Waals surface area contributed by atoms with E-state index < -0.39 is 5.97 Å². The minimum atomic E-state index is -1.02. The molecule has 0 aliphatic rings. The molecule has 0 aromatic carbocycles. The van der Waals surface area contributed by atoms with Gasteiger partial charge in [0.05, 0.1) is 6.10 Å². The summed E-state index contributed by atoms with van der Waals surface area (Å²) in [7, 11) is 0. The van der Waals surface area contributed by atoms with Crippen molar-refractivity contribution in [1.29, 1.82) is 0 Å². The molecule has 70 valence electrons. The minimum absolute atomic E-state index is 0.0759. The summed E-state index contributed by atoms with van der Waals surface area (Å²) in [4.78, 5) is 14.5. The van der Waals surface area contributed by atoms with Crippen LogP contribution in [-0.4, -0.2) is 22.2 Å². The molecule has 1 aromatic rings. The van der Waals surface area contributed by atoms with Crippen molar-refractivity contribution >= 4 is 5.97 Å². The monoisotopic (exact) mass is 181 g/mol. The Morgan fingerprint density at radius 2 is 2.31 bits per heavy atom. The van der Waals surface area contributed by atoms with Crippen LogP contribution in [0, 0.1) is 0 Å². The average Bonchev–Trinajstić information content (AvgIpc) is 2.03. The van der Waals surface area contributed by atoms with E-state index in [4.69, 9.17) is 9.84 Å². The molecule has 0 fully saturated rings. The molecule has 1 N–H and O–H groups in total. The van der Waals surface area contributed by atoms with Crippen molar-refractivity contribution in [1.82, 2.24) is 4.98 Å². The Morgan fingerprint density at radius 3 is 2.85 bits per heavy atom. The first-order valence-electron chi connectivity index (χ1n) is 3.96. The molecule has 1 heterocycles. The third-order valence-electron chi connectivity index (χ3n) is 1.35. The fourth-order valence-corrected chi connectivity index (χ4v) is 0.871. The van der Waals surface area contributed by atoms with Crippen LogP contribution in [0.25, 0.3) is 0 Å². The maximum absolute atomic E-state index is 10.7. The number of hydrogen-bond donors (Lipinski definition) is 1. The number of carbonyl (C=O) groups is 1. The van der Waals surface area contributed by atoms with Gasteiger partial charge in [0.2, 0.25) is 5.88 Å². The molecule has 0 saturated carbocycles. The molecule has 4 nitrogen and oxygen atoms in total. The zero-order valence-corrected chi connectivity index (χ0v) is 7.52. The lowest BCUT2D eigenvalue weighted by Crippen LogP contribution is -2.11. The molecule has 0 amide bonds. The molecule has 0 spiro atoms. The average molecular weight is 181 g/mol. The zero-order valence-electron chi connectivity index (χ0n) is 7.52. The Morgan fingerprint density at radius 1 is 1.62 bits per heavy atom. The number of pyridine rings is 1. The number of rotatable bonds is 3. The van der Waals surface area contributed by atoms with Crippen molar-refractivity contribution in [3.8, 4) is 5.88 Å². The highest BCUT2D eigenvalue weighted by Gasteiger charge is 2.12. The molecule has 4 heteroatoms. The van der Waals surface area contributed by atoms with E-state index in [1.807, 2.05) is 13.8 Å². The van der Waals surface area contributed by atoms with Gasteiger partial charge < -0.3 is 9.84 Å². The number of nitrogens with zero attached hydrogens (tertiary/aromatic N) is 1. The first kappa shape index (κ1) is 9.51. The van der Waals surface area contributed by atoms with E-state index >= 15 is 0 Å². The summed E-state index contributed by atoms with van der Waals surface area (Å²) in [6.45, 7) is 3.64. The Bertz CT molecular complexity index is 309. The van der Waals surface area contributed by atoms with Crippen molar-refractivity contribution in [3.63, 3.8) is 0 Å². The second-order valence-corrected chi connectivity index (χ2v) is 2.83. The Kier molecular flexibility index (Phi) is 2.84. The number of aromatic nitrogens is 1. The first-order chi connectivity index (χ1) is 6.11. The fourth-order valence-electron chi connectivity index (χ4n) is 0.871. The van der Waals surface area contributed by atoms with Gasteiger partial charge in [-0.15, -0.1) is 0 Å². The van der Waals surface area contributed by atoms with Crippen LogP contribution in [0.4, 0.5) is 0 Å². The van der Waals surface area contributed by atoms with Crippen LogP contribution >= 0.6 is 0 Å². The van der Waals surface area contributed by atoms with Crippen LogP contribution in [0.2, 0.25) is 0 Å². The topological polar surface area (TPSA) is 59.4 Å². The summed E-state index contributed by atoms with van der Waals surface area (Å²) in [5.41, 5.74) is 0.0937. The van der Waals surface area contributed by atoms with E-state index in [0.717, 1.165) is 0 Å². The molecule has 0 bridgehead atoms. The van der Waals surface area contributed by atoms with Gasteiger partial charge in [0.15, 0.2) is 0 Å². The van der Waals surface area contributed by atoms with Crippen LogP contribution in [-0.2, 0) is 0 Å². The summed E-state index contributed by atoms with van der Waals surface area (Å²) in [5, 5.41) is 8.76. The molecular weight excluding hydrogens is 170 g/mol. The summed E-state index contributed by atoms with van der Waals surface area (Å²) in [5.74, 6) is -0.853. The molecule has 13 heavy (non-hydrogen) atoms. The highest BCUT2D eigenvalue weighted by molar-refractivity contribution is 5.90. The van der Waals surface area contributed by atoms with Gasteiger partial charge in [0.25, 0.3) is 0 Å². The van der Waals surface area contributed by atoms with Gasteiger partial charge in [-0.05, 0) is 26.0 Å². The SMILES string of the molecule is CC(C)Oc1ncccc1C(=O)O. The first-order valence-corrected chi connectivity index (χ1v) is 3.96. The molecule has 1 aromatic heterocycles. The van der Waals surface area contributed by atoms with Gasteiger partial charge in [-0.1, -0.05) is 0 Å². The van der Waals surface area contributed by atoms with Gasteiger partial charge >= 0.3 is 5.97 Å². The van der Waals surface area contributed by atoms with Crippen LogP contribution in [0.1, 0.15) is 24.2 Å². The summed E-state index contributed by atoms with van der Waals surface area (Å²) >= 11 is 0. The Balaban J connectivity index is 2.98. The van der Waals surface area contributed by atoms with E-state index in [0.29, 0.717) is 0 Å². The van der Waals surface area contributed by atoms with Crippen LogP contribution < -0.4 is 4.74 Å². The van der Waals surface area contributed by atoms with Gasteiger partial charge in [-0.25, -0.2) is 9.78 Å². The van der Waals surface area contributed by atoms with Crippen molar-refractivity contribution in [2.24, 2.45) is 0 Å². The van der Waals surface area contributed by atoms with Crippen molar-refractivity contribution in [2.75, 3.05) is 0 Å². The highest BCUT2D eigenvalue weighted by atomic mass is 16.5. The van der Waals surface area contributed by atoms with E-state index in [1.165, 1.54) is 12.3 Å². The van der Waals surface area contributed by atoms with Gasteiger partial charge in [0, 0.05) is 6.20 Å². The Hall–Kier alpha value is -1.58. The summed E-state index contributed by atoms with van der Waals surface area (Å²) in [6.07, 6.45) is 1.43. The molecule has 0 atom stereocenters. The second-order valence-electron chi connectivity index (χ2n) is 2.83. The van der Waals surface area contributed by atoms with Gasteiger partial charge in [-0.2, -0.15) is 0 Å². The Labute approximate surface area is 76.2 Å². The lowest BCUT2D eigenvalue weighted by atomic mass is 10.3. The zero-order chi connectivity index (χ0) is 9.84. The lowest BCUT2D eigenvalue weighted by molar-refractivity contribution is 0.0689. The quantitative estimate of drug-likeness (QED) is 0.768. The summed E-state index contributed by atoms with van der Waals surface area (Å²) in [6, 6.07) is 3.03. The van der Waals surface area contributed by atoms with Gasteiger partial charge in [0.1, 0.15) is 5.56 Å². The number of carboxylic acid groups (broad SMARTS) is 1. The molecule has 0 aliphatic heterocycles. The number of hydrogen-bond acceptors (Lipinski definition) is 3. The minimum Gasteiger partial charge on any atom is -0.477 e. The maximum Gasteiger partial charge on any atom is 0.341 e. The third-order valence-corrected chi connectivity index (χ3v) is 1.35. The molecule has 0 aliphatic carbocycles. The smallest absolute Gasteiger partial charge is 0.341 e. The highest BCUT2D eigenvalue weighted by Crippen LogP contribution is 2.15. The van der Waals surface area contributed by atoms with Crippen LogP contribution in [0.5, 0.6) is 5.88 Å².